The lowest BCUT2D eigenvalue weighted by molar-refractivity contribution is 0.133. The van der Waals surface area contributed by atoms with E-state index in [0.29, 0.717) is 6.54 Å². The zero-order chi connectivity index (χ0) is 17.1. The molecule has 6 nitrogen and oxygen atoms in total. The lowest BCUT2D eigenvalue weighted by Gasteiger charge is -2.19. The second-order valence-electron chi connectivity index (χ2n) is 6.90. The van der Waals surface area contributed by atoms with Gasteiger partial charge in [-0.25, -0.2) is 0 Å². The van der Waals surface area contributed by atoms with Gasteiger partial charge in [0.1, 0.15) is 6.10 Å². The molecular weight excluding hydrogens is 302 g/mol. The first kappa shape index (κ1) is 17.1. The summed E-state index contributed by atoms with van der Waals surface area (Å²) in [6.07, 6.45) is 0.523. The van der Waals surface area contributed by atoms with Crippen molar-refractivity contribution in [2.75, 3.05) is 27.2 Å². The van der Waals surface area contributed by atoms with Crippen LogP contribution in [0.1, 0.15) is 35.3 Å². The van der Waals surface area contributed by atoms with E-state index in [1.807, 2.05) is 32.0 Å². The Balaban J connectivity index is 1.71. The summed E-state index contributed by atoms with van der Waals surface area (Å²) in [5, 5.41) is 14.9. The molecule has 0 saturated heterocycles. The van der Waals surface area contributed by atoms with Crippen LogP contribution in [-0.2, 0) is 19.6 Å². The van der Waals surface area contributed by atoms with Crippen molar-refractivity contribution in [3.63, 3.8) is 0 Å². The number of aromatic nitrogens is 3. The first-order chi connectivity index (χ1) is 11.5. The van der Waals surface area contributed by atoms with Crippen molar-refractivity contribution in [3.05, 3.63) is 47.0 Å². The van der Waals surface area contributed by atoms with Crippen LogP contribution in [0.2, 0.25) is 0 Å². The molecule has 0 radical (unpaired) electrons. The van der Waals surface area contributed by atoms with Gasteiger partial charge in [0.25, 0.3) is 0 Å². The van der Waals surface area contributed by atoms with E-state index in [0.717, 1.165) is 49.7 Å². The molecule has 0 amide bonds. The summed E-state index contributed by atoms with van der Waals surface area (Å²) in [5.74, 6) is 0. The third-order valence-corrected chi connectivity index (χ3v) is 4.32. The van der Waals surface area contributed by atoms with Crippen molar-refractivity contribution in [2.45, 2.75) is 39.1 Å². The highest BCUT2D eigenvalue weighted by atomic mass is 16.3. The van der Waals surface area contributed by atoms with Gasteiger partial charge in [0, 0.05) is 38.4 Å². The van der Waals surface area contributed by atoms with Crippen molar-refractivity contribution < 1.29 is 5.11 Å². The van der Waals surface area contributed by atoms with Crippen LogP contribution in [0, 0.1) is 6.92 Å². The van der Waals surface area contributed by atoms with Gasteiger partial charge >= 0.3 is 0 Å². The van der Waals surface area contributed by atoms with E-state index in [1.54, 1.807) is 0 Å². The highest BCUT2D eigenvalue weighted by molar-refractivity contribution is 5.15. The monoisotopic (exact) mass is 329 g/mol. The van der Waals surface area contributed by atoms with E-state index in [4.69, 9.17) is 0 Å². The van der Waals surface area contributed by atoms with Crippen LogP contribution in [0.25, 0.3) is 0 Å². The Labute approximate surface area is 143 Å². The molecule has 3 rings (SSSR count). The Morgan fingerprint density at radius 1 is 1.29 bits per heavy atom. The van der Waals surface area contributed by atoms with E-state index >= 15 is 0 Å². The van der Waals surface area contributed by atoms with Gasteiger partial charge in [-0.1, -0.05) is 6.07 Å². The predicted octanol–water partition coefficient (Wildman–Crippen LogP) is 1.59. The van der Waals surface area contributed by atoms with Crippen molar-refractivity contribution in [3.8, 4) is 0 Å². The molecule has 0 saturated carbocycles. The summed E-state index contributed by atoms with van der Waals surface area (Å²) >= 11 is 0. The number of pyridine rings is 1. The van der Waals surface area contributed by atoms with Gasteiger partial charge < -0.3 is 10.0 Å². The topological polar surface area (TPSA) is 57.4 Å². The van der Waals surface area contributed by atoms with Crippen molar-refractivity contribution in [1.29, 1.82) is 0 Å². The zero-order valence-electron chi connectivity index (χ0n) is 14.8. The van der Waals surface area contributed by atoms with Crippen LogP contribution in [0.3, 0.4) is 0 Å². The third kappa shape index (κ3) is 4.20. The second-order valence-corrected chi connectivity index (χ2v) is 6.90. The molecule has 0 aliphatic carbocycles. The van der Waals surface area contributed by atoms with Gasteiger partial charge in [0.15, 0.2) is 0 Å². The molecule has 0 unspecified atom stereocenters. The zero-order valence-corrected chi connectivity index (χ0v) is 14.8. The maximum absolute atomic E-state index is 10.3. The number of rotatable bonds is 5. The summed E-state index contributed by atoms with van der Waals surface area (Å²) in [5.41, 5.74) is 4.11. The van der Waals surface area contributed by atoms with Crippen LogP contribution in [0.4, 0.5) is 0 Å². The van der Waals surface area contributed by atoms with Gasteiger partial charge in [0.2, 0.25) is 0 Å². The van der Waals surface area contributed by atoms with Crippen LogP contribution >= 0.6 is 0 Å². The Kier molecular flexibility index (Phi) is 5.28. The summed E-state index contributed by atoms with van der Waals surface area (Å²) < 4.78 is 2.05. The number of hydrogen-bond acceptors (Lipinski definition) is 5. The number of fused-ring (bicyclic) bond motifs is 1. The molecule has 1 atom stereocenters. The SMILES string of the molecule is Cc1cccc(CN2CCCn3nc([C@H](O)CN(C)C)cc3C2)n1. The number of likely N-dealkylation sites (N-methyl/N-ethyl adjacent to an activating group) is 1. The van der Waals surface area contributed by atoms with Gasteiger partial charge in [-0.3, -0.25) is 14.6 Å². The molecule has 1 N–H and O–H groups in total. The average Bonchev–Trinajstić information content (AvgIpc) is 2.81. The first-order valence-electron chi connectivity index (χ1n) is 8.55. The minimum Gasteiger partial charge on any atom is -0.385 e. The highest BCUT2D eigenvalue weighted by Crippen LogP contribution is 2.19. The van der Waals surface area contributed by atoms with Crippen molar-refractivity contribution in [1.82, 2.24) is 24.6 Å². The Hall–Kier alpha value is -1.76. The number of hydrogen-bond donors (Lipinski definition) is 1. The number of aryl methyl sites for hydroxylation is 2. The maximum atomic E-state index is 10.3. The van der Waals surface area contributed by atoms with E-state index in [1.165, 1.54) is 5.69 Å². The molecule has 3 heterocycles. The standard InChI is InChI=1S/C18H27N5O/c1-14-6-4-7-15(19-14)11-22-8-5-9-23-16(12-22)10-17(20-23)18(24)13-21(2)3/h4,6-7,10,18,24H,5,8-9,11-13H2,1-3H3/t18-/m1/s1. The third-order valence-electron chi connectivity index (χ3n) is 4.32. The first-order valence-corrected chi connectivity index (χ1v) is 8.55. The normalized spacial score (nSPS) is 16.9. The molecule has 130 valence electrons. The Bertz CT molecular complexity index is 682. The Morgan fingerprint density at radius 2 is 2.12 bits per heavy atom. The molecule has 0 bridgehead atoms. The van der Waals surface area contributed by atoms with E-state index in [2.05, 4.69) is 37.9 Å². The summed E-state index contributed by atoms with van der Waals surface area (Å²) in [7, 11) is 3.92. The van der Waals surface area contributed by atoms with Gasteiger partial charge in [-0.15, -0.1) is 0 Å². The van der Waals surface area contributed by atoms with Crippen LogP contribution < -0.4 is 0 Å². The predicted molar refractivity (Wildman–Crippen MR) is 93.4 cm³/mol. The molecule has 2 aromatic rings. The summed E-state index contributed by atoms with van der Waals surface area (Å²) in [4.78, 5) is 8.99. The molecule has 2 aromatic heterocycles. The van der Waals surface area contributed by atoms with Crippen LogP contribution in [0.15, 0.2) is 24.3 Å². The molecule has 0 fully saturated rings. The lowest BCUT2D eigenvalue weighted by Crippen LogP contribution is -2.23. The molecular formula is C18H27N5O. The Morgan fingerprint density at radius 3 is 2.88 bits per heavy atom. The average molecular weight is 329 g/mol. The minimum atomic E-state index is -0.536. The van der Waals surface area contributed by atoms with E-state index < -0.39 is 6.10 Å². The van der Waals surface area contributed by atoms with E-state index in [-0.39, 0.29) is 0 Å². The summed E-state index contributed by atoms with van der Waals surface area (Å²) in [6.45, 7) is 6.25. The highest BCUT2D eigenvalue weighted by Gasteiger charge is 2.20. The van der Waals surface area contributed by atoms with Crippen molar-refractivity contribution in [2.24, 2.45) is 0 Å². The fourth-order valence-corrected chi connectivity index (χ4v) is 3.20. The maximum Gasteiger partial charge on any atom is 0.110 e. The quantitative estimate of drug-likeness (QED) is 0.903. The van der Waals surface area contributed by atoms with Crippen LogP contribution in [-0.4, -0.2) is 56.9 Å². The minimum absolute atomic E-state index is 0.536. The fourth-order valence-electron chi connectivity index (χ4n) is 3.20. The van der Waals surface area contributed by atoms with Gasteiger partial charge in [0.05, 0.1) is 17.1 Å². The second kappa shape index (κ2) is 7.42. The van der Waals surface area contributed by atoms with Gasteiger partial charge in [-0.05, 0) is 45.6 Å². The smallest absolute Gasteiger partial charge is 0.110 e. The number of nitrogens with zero attached hydrogens (tertiary/aromatic N) is 5. The molecule has 0 aromatic carbocycles. The lowest BCUT2D eigenvalue weighted by atomic mass is 10.2. The molecule has 1 aliphatic heterocycles. The van der Waals surface area contributed by atoms with Crippen molar-refractivity contribution >= 4 is 0 Å². The molecule has 24 heavy (non-hydrogen) atoms. The largest absolute Gasteiger partial charge is 0.385 e. The molecule has 6 heteroatoms. The van der Waals surface area contributed by atoms with E-state index in [9.17, 15) is 5.11 Å². The fraction of sp³-hybridized carbons (Fsp3) is 0.556. The van der Waals surface area contributed by atoms with Gasteiger partial charge in [-0.2, -0.15) is 5.10 Å². The summed E-state index contributed by atoms with van der Waals surface area (Å²) in [6, 6.07) is 8.23. The van der Waals surface area contributed by atoms with Crippen LogP contribution in [0.5, 0.6) is 0 Å². The molecule has 0 spiro atoms. The number of aliphatic hydroxyl groups is 1. The molecule has 1 aliphatic rings. The number of aliphatic hydroxyl groups excluding tert-OH is 1.